The van der Waals surface area contributed by atoms with E-state index in [2.05, 4.69) is 4.98 Å². The van der Waals surface area contributed by atoms with Crippen LogP contribution in [0.25, 0.3) is 10.2 Å². The molecule has 4 nitrogen and oxygen atoms in total. The highest BCUT2D eigenvalue weighted by Gasteiger charge is 2.38. The van der Waals surface area contributed by atoms with Crippen molar-refractivity contribution in [1.82, 2.24) is 9.88 Å². The van der Waals surface area contributed by atoms with Crippen molar-refractivity contribution in [3.63, 3.8) is 0 Å². The van der Waals surface area contributed by atoms with Gasteiger partial charge in [0.1, 0.15) is 0 Å². The van der Waals surface area contributed by atoms with Gasteiger partial charge in [-0.2, -0.15) is 26.3 Å². The number of amides is 1. The average Bonchev–Trinajstić information content (AvgIpc) is 3.13. The SMILES string of the molecule is Cc1c(Cl)ccc2sc(N(CCN(C)C)C(=O)c3cc(C(F)(F)F)cc(C(F)(F)F)c3)nc12. The third-order valence-corrected chi connectivity index (χ3v) is 6.27. The number of halogens is 7. The number of aromatic nitrogens is 1. The lowest BCUT2D eigenvalue weighted by Crippen LogP contribution is -2.37. The second-order valence-corrected chi connectivity index (χ2v) is 8.99. The van der Waals surface area contributed by atoms with Crippen LogP contribution in [0.5, 0.6) is 0 Å². The van der Waals surface area contributed by atoms with E-state index in [1.165, 1.54) is 0 Å². The molecule has 1 heterocycles. The Morgan fingerprint density at radius 1 is 1.00 bits per heavy atom. The van der Waals surface area contributed by atoms with Gasteiger partial charge in [-0.05, 0) is 56.9 Å². The highest BCUT2D eigenvalue weighted by molar-refractivity contribution is 7.22. The van der Waals surface area contributed by atoms with E-state index in [0.29, 0.717) is 39.5 Å². The van der Waals surface area contributed by atoms with Gasteiger partial charge >= 0.3 is 12.4 Å². The molecule has 3 rings (SSSR count). The van der Waals surface area contributed by atoms with Crippen molar-refractivity contribution in [3.8, 4) is 0 Å². The van der Waals surface area contributed by atoms with Gasteiger partial charge in [0.15, 0.2) is 5.13 Å². The van der Waals surface area contributed by atoms with Gasteiger partial charge < -0.3 is 4.90 Å². The van der Waals surface area contributed by atoms with Crippen molar-refractivity contribution in [2.75, 3.05) is 32.1 Å². The molecule has 0 aliphatic rings. The average molecular weight is 510 g/mol. The minimum absolute atomic E-state index is 0.00394. The van der Waals surface area contributed by atoms with E-state index in [1.54, 1.807) is 38.1 Å². The monoisotopic (exact) mass is 509 g/mol. The van der Waals surface area contributed by atoms with E-state index in [0.717, 1.165) is 16.2 Å². The van der Waals surface area contributed by atoms with Crippen LogP contribution in [-0.4, -0.2) is 43.0 Å². The molecule has 0 fully saturated rings. The Morgan fingerprint density at radius 3 is 2.09 bits per heavy atom. The molecule has 0 saturated carbocycles. The lowest BCUT2D eigenvalue weighted by atomic mass is 10.0. The van der Waals surface area contributed by atoms with Crippen LogP contribution in [0.15, 0.2) is 30.3 Å². The number of nitrogens with zero attached hydrogens (tertiary/aromatic N) is 3. The van der Waals surface area contributed by atoms with Crippen LogP contribution < -0.4 is 4.90 Å². The fourth-order valence-electron chi connectivity index (χ4n) is 3.02. The molecule has 0 bridgehead atoms. The number of hydrogen-bond donors (Lipinski definition) is 0. The van der Waals surface area contributed by atoms with Gasteiger partial charge in [-0.3, -0.25) is 9.69 Å². The van der Waals surface area contributed by atoms with Gasteiger partial charge in [0.2, 0.25) is 0 Å². The number of rotatable bonds is 5. The van der Waals surface area contributed by atoms with E-state index < -0.39 is 35.0 Å². The molecule has 0 saturated heterocycles. The number of thiazole rings is 1. The van der Waals surface area contributed by atoms with Crippen LogP contribution in [0.4, 0.5) is 31.5 Å². The zero-order chi connectivity index (χ0) is 24.7. The largest absolute Gasteiger partial charge is 0.416 e. The second-order valence-electron chi connectivity index (χ2n) is 7.57. The first-order chi connectivity index (χ1) is 15.2. The highest BCUT2D eigenvalue weighted by Crippen LogP contribution is 2.38. The number of hydrogen-bond acceptors (Lipinski definition) is 4. The minimum atomic E-state index is -5.06. The number of aryl methyl sites for hydroxylation is 1. The number of likely N-dealkylation sites (N-methyl/N-ethyl adjacent to an activating group) is 1. The Balaban J connectivity index is 2.14. The molecule has 1 aromatic heterocycles. The molecule has 0 aliphatic heterocycles. The molecule has 0 atom stereocenters. The summed E-state index contributed by atoms with van der Waals surface area (Å²) in [6, 6.07) is 4.18. The fraction of sp³-hybridized carbons (Fsp3) is 0.333. The molecule has 0 N–H and O–H groups in total. The lowest BCUT2D eigenvalue weighted by Gasteiger charge is -2.23. The van der Waals surface area contributed by atoms with Gasteiger partial charge in [0, 0.05) is 23.7 Å². The fourth-order valence-corrected chi connectivity index (χ4v) is 4.22. The summed E-state index contributed by atoms with van der Waals surface area (Å²) in [6.45, 7) is 2.02. The molecule has 33 heavy (non-hydrogen) atoms. The third-order valence-electron chi connectivity index (χ3n) is 4.82. The second kappa shape index (κ2) is 9.11. The first kappa shape index (κ1) is 25.3. The molecule has 0 spiro atoms. The van der Waals surface area contributed by atoms with Crippen LogP contribution in [0.1, 0.15) is 27.0 Å². The van der Waals surface area contributed by atoms with Crippen LogP contribution in [0.2, 0.25) is 5.02 Å². The standard InChI is InChI=1S/C21H18ClF6N3OS/c1-11-15(22)4-5-16-17(11)29-19(33-16)31(7-6-30(2)3)18(32)12-8-13(20(23,24)25)10-14(9-12)21(26,27)28/h4-5,8-10H,6-7H2,1-3H3. The van der Waals surface area contributed by atoms with Crippen LogP contribution in [0, 0.1) is 6.92 Å². The molecular weight excluding hydrogens is 492 g/mol. The van der Waals surface area contributed by atoms with Crippen LogP contribution in [-0.2, 0) is 12.4 Å². The highest BCUT2D eigenvalue weighted by atomic mass is 35.5. The first-order valence-corrected chi connectivity index (χ1v) is 10.7. The predicted octanol–water partition coefficient (Wildman–Crippen LogP) is 6.50. The molecule has 0 aliphatic carbocycles. The Labute approximate surface area is 194 Å². The molecule has 2 aromatic carbocycles. The summed E-state index contributed by atoms with van der Waals surface area (Å²) in [5.41, 5.74) is -2.69. The molecular formula is C21H18ClF6N3OS. The number of fused-ring (bicyclic) bond motifs is 1. The zero-order valence-corrected chi connectivity index (χ0v) is 19.2. The molecule has 12 heteroatoms. The van der Waals surface area contributed by atoms with E-state index in [9.17, 15) is 31.1 Å². The number of carbonyl (C=O) groups is 1. The third kappa shape index (κ3) is 5.59. The quantitative estimate of drug-likeness (QED) is 0.368. The van der Waals surface area contributed by atoms with E-state index in [-0.39, 0.29) is 17.7 Å². The van der Waals surface area contributed by atoms with Gasteiger partial charge in [-0.1, -0.05) is 22.9 Å². The van der Waals surface area contributed by atoms with Gasteiger partial charge in [0.25, 0.3) is 5.91 Å². The van der Waals surface area contributed by atoms with Crippen molar-refractivity contribution >= 4 is 44.2 Å². The number of benzene rings is 2. The Bertz CT molecular complexity index is 1160. The maximum atomic E-state index is 13.3. The molecule has 0 unspecified atom stereocenters. The lowest BCUT2D eigenvalue weighted by molar-refractivity contribution is -0.143. The maximum absolute atomic E-state index is 13.3. The van der Waals surface area contributed by atoms with E-state index in [1.807, 2.05) is 0 Å². The van der Waals surface area contributed by atoms with Crippen molar-refractivity contribution in [2.45, 2.75) is 19.3 Å². The Kier molecular flexibility index (Phi) is 6.97. The number of anilines is 1. The minimum Gasteiger partial charge on any atom is -0.308 e. The van der Waals surface area contributed by atoms with Gasteiger partial charge in [-0.15, -0.1) is 0 Å². The molecule has 3 aromatic rings. The number of alkyl halides is 6. The smallest absolute Gasteiger partial charge is 0.308 e. The van der Waals surface area contributed by atoms with Crippen LogP contribution >= 0.6 is 22.9 Å². The summed E-state index contributed by atoms with van der Waals surface area (Å²) in [5, 5.41) is 0.589. The van der Waals surface area contributed by atoms with Gasteiger partial charge in [0.05, 0.1) is 21.3 Å². The van der Waals surface area contributed by atoms with E-state index in [4.69, 9.17) is 11.6 Å². The van der Waals surface area contributed by atoms with Gasteiger partial charge in [-0.25, -0.2) is 4.98 Å². The summed E-state index contributed by atoms with van der Waals surface area (Å²) in [6.07, 6.45) is -10.1. The number of carbonyl (C=O) groups excluding carboxylic acids is 1. The Morgan fingerprint density at radius 2 is 1.58 bits per heavy atom. The first-order valence-electron chi connectivity index (χ1n) is 9.50. The summed E-state index contributed by atoms with van der Waals surface area (Å²) >= 11 is 7.22. The van der Waals surface area contributed by atoms with Crippen molar-refractivity contribution in [3.05, 3.63) is 57.6 Å². The molecule has 0 radical (unpaired) electrons. The summed E-state index contributed by atoms with van der Waals surface area (Å²) in [4.78, 5) is 20.5. The van der Waals surface area contributed by atoms with Crippen LogP contribution in [0.3, 0.4) is 0 Å². The van der Waals surface area contributed by atoms with Crippen molar-refractivity contribution < 1.29 is 31.1 Å². The normalized spacial score (nSPS) is 12.6. The Hall–Kier alpha value is -2.37. The summed E-state index contributed by atoms with van der Waals surface area (Å²) < 4.78 is 80.3. The summed E-state index contributed by atoms with van der Waals surface area (Å²) in [7, 11) is 3.44. The predicted molar refractivity (Wildman–Crippen MR) is 116 cm³/mol. The summed E-state index contributed by atoms with van der Waals surface area (Å²) in [5.74, 6) is -1.02. The molecule has 1 amide bonds. The maximum Gasteiger partial charge on any atom is 0.416 e. The van der Waals surface area contributed by atoms with Crippen molar-refractivity contribution in [2.24, 2.45) is 0 Å². The molecule has 178 valence electrons. The van der Waals surface area contributed by atoms with Crippen molar-refractivity contribution in [1.29, 1.82) is 0 Å². The zero-order valence-electron chi connectivity index (χ0n) is 17.6. The van der Waals surface area contributed by atoms with E-state index >= 15 is 0 Å². The topological polar surface area (TPSA) is 36.4 Å².